The highest BCUT2D eigenvalue weighted by Gasteiger charge is 2.31. The van der Waals surface area contributed by atoms with E-state index < -0.39 is 5.72 Å². The number of nitrogens with two attached hydrogens (primary N) is 1. The first-order valence-electron chi connectivity index (χ1n) is 7.23. The van der Waals surface area contributed by atoms with Crippen molar-refractivity contribution in [2.75, 3.05) is 39.4 Å². The summed E-state index contributed by atoms with van der Waals surface area (Å²) < 4.78 is 5.31. The minimum Gasteiger partial charge on any atom is -0.379 e. The summed E-state index contributed by atoms with van der Waals surface area (Å²) in [5.74, 6) is -0.372. The highest BCUT2D eigenvalue weighted by atomic mass is 16.5. The van der Waals surface area contributed by atoms with Gasteiger partial charge in [0.2, 0.25) is 5.91 Å². The molecule has 1 atom stereocenters. The molecule has 0 radical (unpaired) electrons. The molecular weight excluding hydrogens is 270 g/mol. The Bertz CT molecular complexity index is 449. The van der Waals surface area contributed by atoms with Crippen molar-refractivity contribution in [3.05, 3.63) is 35.9 Å². The number of amides is 1. The van der Waals surface area contributed by atoms with E-state index in [0.29, 0.717) is 31.7 Å². The van der Waals surface area contributed by atoms with Crippen molar-refractivity contribution in [1.29, 1.82) is 0 Å². The quantitative estimate of drug-likeness (QED) is 0.623. The fraction of sp³-hybridized carbons (Fsp3) is 0.533. The summed E-state index contributed by atoms with van der Waals surface area (Å²) in [6.45, 7) is 3.63. The summed E-state index contributed by atoms with van der Waals surface area (Å²) in [6.07, 6.45) is 0.406. The van der Waals surface area contributed by atoms with Gasteiger partial charge >= 0.3 is 0 Å². The number of hydrogen-bond acceptors (Lipinski definition) is 5. The topological polar surface area (TPSA) is 87.8 Å². The van der Waals surface area contributed by atoms with Crippen LogP contribution in [0.1, 0.15) is 12.0 Å². The largest absolute Gasteiger partial charge is 0.379 e. The first-order chi connectivity index (χ1) is 10.1. The fourth-order valence-electron chi connectivity index (χ4n) is 2.42. The van der Waals surface area contributed by atoms with Crippen molar-refractivity contribution in [2.45, 2.75) is 12.1 Å². The number of aliphatic hydroxyl groups is 1. The molecule has 6 nitrogen and oxygen atoms in total. The van der Waals surface area contributed by atoms with Gasteiger partial charge in [-0.3, -0.25) is 9.69 Å². The smallest absolute Gasteiger partial charge is 0.236 e. The van der Waals surface area contributed by atoms with Gasteiger partial charge in [-0.15, -0.1) is 0 Å². The Morgan fingerprint density at radius 1 is 1.33 bits per heavy atom. The Balaban J connectivity index is 2.06. The van der Waals surface area contributed by atoms with Crippen LogP contribution >= 0.6 is 0 Å². The lowest BCUT2D eigenvalue weighted by atomic mass is 9.98. The average Bonchev–Trinajstić information content (AvgIpc) is 2.55. The monoisotopic (exact) mass is 293 g/mol. The van der Waals surface area contributed by atoms with Gasteiger partial charge in [0, 0.05) is 31.6 Å². The summed E-state index contributed by atoms with van der Waals surface area (Å²) in [6, 6.07) is 9.15. The maximum Gasteiger partial charge on any atom is 0.236 e. The first-order valence-corrected chi connectivity index (χ1v) is 7.23. The number of nitrogens with zero attached hydrogens (tertiary/aromatic N) is 1. The average molecular weight is 293 g/mol. The molecule has 1 amide bonds. The van der Waals surface area contributed by atoms with Crippen molar-refractivity contribution >= 4 is 5.91 Å². The number of carbonyl (C=O) groups is 1. The molecule has 116 valence electrons. The molecule has 0 spiro atoms. The maximum absolute atomic E-state index is 11.6. The van der Waals surface area contributed by atoms with E-state index in [4.69, 9.17) is 10.5 Å². The predicted octanol–water partition coefficient (Wildman–Crippen LogP) is -0.371. The van der Waals surface area contributed by atoms with Gasteiger partial charge in [-0.25, -0.2) is 0 Å². The lowest BCUT2D eigenvalue weighted by Crippen LogP contribution is -2.50. The molecule has 0 aromatic heterocycles. The Morgan fingerprint density at radius 2 is 2.00 bits per heavy atom. The van der Waals surface area contributed by atoms with Crippen LogP contribution in [0, 0.1) is 0 Å². The van der Waals surface area contributed by atoms with Crippen LogP contribution in [0.2, 0.25) is 0 Å². The van der Waals surface area contributed by atoms with E-state index >= 15 is 0 Å². The molecule has 1 aliphatic heterocycles. The third kappa shape index (κ3) is 4.50. The zero-order valence-corrected chi connectivity index (χ0v) is 12.1. The number of nitrogens with one attached hydrogen (secondary N) is 1. The second kappa shape index (κ2) is 7.51. The molecule has 0 bridgehead atoms. The Kier molecular flexibility index (Phi) is 5.69. The second-order valence-corrected chi connectivity index (χ2v) is 5.18. The van der Waals surface area contributed by atoms with Gasteiger partial charge in [-0.2, -0.15) is 0 Å². The van der Waals surface area contributed by atoms with Crippen molar-refractivity contribution in [3.8, 4) is 0 Å². The SMILES string of the molecule is NCC(=O)NC(O)(CCN1CCOCC1)c1ccccc1. The van der Waals surface area contributed by atoms with Gasteiger partial charge in [0.25, 0.3) is 0 Å². The van der Waals surface area contributed by atoms with Crippen LogP contribution in [-0.2, 0) is 15.3 Å². The molecule has 2 rings (SSSR count). The van der Waals surface area contributed by atoms with Gasteiger partial charge in [0.05, 0.1) is 19.8 Å². The maximum atomic E-state index is 11.6. The molecule has 1 aromatic rings. The van der Waals surface area contributed by atoms with Crippen LogP contribution in [0.3, 0.4) is 0 Å². The van der Waals surface area contributed by atoms with Crippen LogP contribution in [0.4, 0.5) is 0 Å². The number of carbonyl (C=O) groups excluding carboxylic acids is 1. The van der Waals surface area contributed by atoms with Gasteiger partial charge in [-0.1, -0.05) is 30.3 Å². The fourth-order valence-corrected chi connectivity index (χ4v) is 2.42. The zero-order chi connectivity index (χ0) is 15.1. The normalized spacial score (nSPS) is 19.0. The summed E-state index contributed by atoms with van der Waals surface area (Å²) in [4.78, 5) is 13.8. The number of hydrogen-bond donors (Lipinski definition) is 3. The molecule has 1 aliphatic rings. The lowest BCUT2D eigenvalue weighted by Gasteiger charge is -2.33. The number of benzene rings is 1. The Morgan fingerprint density at radius 3 is 2.62 bits per heavy atom. The van der Waals surface area contributed by atoms with Gasteiger partial charge < -0.3 is 20.9 Å². The van der Waals surface area contributed by atoms with Crippen molar-refractivity contribution in [1.82, 2.24) is 10.2 Å². The number of ether oxygens (including phenoxy) is 1. The van der Waals surface area contributed by atoms with E-state index in [1.807, 2.05) is 18.2 Å². The zero-order valence-electron chi connectivity index (χ0n) is 12.1. The molecule has 6 heteroatoms. The van der Waals surface area contributed by atoms with Crippen LogP contribution in [0.5, 0.6) is 0 Å². The molecule has 1 heterocycles. The van der Waals surface area contributed by atoms with Crippen LogP contribution < -0.4 is 11.1 Å². The number of rotatable bonds is 6. The van der Waals surface area contributed by atoms with Crippen LogP contribution in [0.15, 0.2) is 30.3 Å². The van der Waals surface area contributed by atoms with Crippen LogP contribution in [0.25, 0.3) is 0 Å². The number of morpholine rings is 1. The molecule has 4 N–H and O–H groups in total. The standard InChI is InChI=1S/C15H23N3O3/c16-12-14(19)17-15(20,13-4-2-1-3-5-13)6-7-18-8-10-21-11-9-18/h1-5,20H,6-12,16H2,(H,17,19). The predicted molar refractivity (Wildman–Crippen MR) is 79.4 cm³/mol. The molecule has 0 aliphatic carbocycles. The third-order valence-electron chi connectivity index (χ3n) is 3.68. The highest BCUT2D eigenvalue weighted by Crippen LogP contribution is 2.22. The molecule has 0 saturated carbocycles. The lowest BCUT2D eigenvalue weighted by molar-refractivity contribution is -0.129. The molecule has 1 saturated heterocycles. The third-order valence-corrected chi connectivity index (χ3v) is 3.68. The van der Waals surface area contributed by atoms with Gasteiger partial charge in [0.1, 0.15) is 0 Å². The van der Waals surface area contributed by atoms with Gasteiger partial charge in [-0.05, 0) is 0 Å². The summed E-state index contributed by atoms with van der Waals surface area (Å²) in [5, 5.41) is 13.5. The van der Waals surface area contributed by atoms with E-state index in [-0.39, 0.29) is 12.5 Å². The van der Waals surface area contributed by atoms with Gasteiger partial charge in [0.15, 0.2) is 5.72 Å². The second-order valence-electron chi connectivity index (χ2n) is 5.18. The molecular formula is C15H23N3O3. The van der Waals surface area contributed by atoms with Crippen LogP contribution in [-0.4, -0.2) is 55.3 Å². The summed E-state index contributed by atoms with van der Waals surface area (Å²) in [7, 11) is 0. The van der Waals surface area contributed by atoms with E-state index in [0.717, 1.165) is 13.1 Å². The molecule has 21 heavy (non-hydrogen) atoms. The van der Waals surface area contributed by atoms with Crippen molar-refractivity contribution in [2.24, 2.45) is 5.73 Å². The van der Waals surface area contributed by atoms with E-state index in [1.54, 1.807) is 12.1 Å². The van der Waals surface area contributed by atoms with E-state index in [9.17, 15) is 9.90 Å². The first kappa shape index (κ1) is 15.9. The van der Waals surface area contributed by atoms with Crippen molar-refractivity contribution in [3.63, 3.8) is 0 Å². The summed E-state index contributed by atoms with van der Waals surface area (Å²) >= 11 is 0. The minimum absolute atomic E-state index is 0.146. The summed E-state index contributed by atoms with van der Waals surface area (Å²) in [5.41, 5.74) is 4.62. The van der Waals surface area contributed by atoms with Crippen molar-refractivity contribution < 1.29 is 14.6 Å². The van der Waals surface area contributed by atoms with E-state index in [1.165, 1.54) is 0 Å². The Hall–Kier alpha value is -1.47. The highest BCUT2D eigenvalue weighted by molar-refractivity contribution is 5.78. The molecule has 1 aromatic carbocycles. The Labute approximate surface area is 124 Å². The van der Waals surface area contributed by atoms with E-state index in [2.05, 4.69) is 10.2 Å². The molecule has 1 fully saturated rings. The molecule has 1 unspecified atom stereocenters. The minimum atomic E-state index is -1.39.